The Hall–Kier alpha value is -3.64. The first-order valence-corrected chi connectivity index (χ1v) is 10.7. The molecule has 2 aromatic heterocycles. The maximum atomic E-state index is 15.0. The van der Waals surface area contributed by atoms with E-state index in [2.05, 4.69) is 10.3 Å². The summed E-state index contributed by atoms with van der Waals surface area (Å²) in [5.41, 5.74) is -2.43. The molecule has 1 aliphatic heterocycles. The van der Waals surface area contributed by atoms with E-state index in [4.69, 9.17) is 11.6 Å². The minimum atomic E-state index is -1.69. The number of carboxylic acid groups (broad SMARTS) is 1. The van der Waals surface area contributed by atoms with Crippen LogP contribution < -0.4 is 15.6 Å². The van der Waals surface area contributed by atoms with E-state index in [1.165, 1.54) is 18.7 Å². The summed E-state index contributed by atoms with van der Waals surface area (Å²) < 4.78 is 45.1. The fourth-order valence-corrected chi connectivity index (χ4v) is 4.03. The third-order valence-corrected chi connectivity index (χ3v) is 5.83. The van der Waals surface area contributed by atoms with Crippen molar-refractivity contribution < 1.29 is 33.0 Å². The number of carbonyl (C=O) groups is 2. The Balaban J connectivity index is 2.06. The number of nitrogens with zero attached hydrogens (tertiary/aromatic N) is 3. The van der Waals surface area contributed by atoms with Crippen LogP contribution in [0, 0.1) is 23.4 Å². The molecular formula is C22H18ClF3N4O5. The number of rotatable bonds is 5. The molecule has 0 radical (unpaired) electrons. The lowest BCUT2D eigenvalue weighted by Crippen LogP contribution is -2.51. The van der Waals surface area contributed by atoms with E-state index in [0.717, 1.165) is 16.8 Å². The van der Waals surface area contributed by atoms with Crippen molar-refractivity contribution in [3.8, 4) is 5.82 Å². The number of aromatic carboxylic acids is 1. The smallest absolute Gasteiger partial charge is 0.341 e. The summed E-state index contributed by atoms with van der Waals surface area (Å²) in [6.07, 6.45) is 0.00386. The minimum absolute atomic E-state index is 0.0358. The number of halogens is 4. The average molecular weight is 511 g/mol. The molecular weight excluding hydrogens is 493 g/mol. The van der Waals surface area contributed by atoms with Gasteiger partial charge in [-0.3, -0.25) is 14.2 Å². The zero-order valence-electron chi connectivity index (χ0n) is 18.3. The molecule has 35 heavy (non-hydrogen) atoms. The summed E-state index contributed by atoms with van der Waals surface area (Å²) >= 11 is 6.45. The zero-order valence-corrected chi connectivity index (χ0v) is 19.0. The molecule has 3 heterocycles. The fraction of sp³-hybridized carbons (Fsp3) is 0.273. The Morgan fingerprint density at radius 3 is 2.40 bits per heavy atom. The van der Waals surface area contributed by atoms with Gasteiger partial charge in [0.25, 0.3) is 0 Å². The highest BCUT2D eigenvalue weighted by atomic mass is 35.5. The Bertz CT molecular complexity index is 1450. The van der Waals surface area contributed by atoms with Gasteiger partial charge in [-0.15, -0.1) is 0 Å². The normalized spacial score (nSPS) is 13.9. The lowest BCUT2D eigenvalue weighted by Gasteiger charge is -2.38. The van der Waals surface area contributed by atoms with E-state index < -0.39 is 69.4 Å². The number of anilines is 2. The maximum absolute atomic E-state index is 15.0. The first kappa shape index (κ1) is 24.5. The highest BCUT2D eigenvalue weighted by Crippen LogP contribution is 2.38. The highest BCUT2D eigenvalue weighted by Gasteiger charge is 2.32. The van der Waals surface area contributed by atoms with Crippen molar-refractivity contribution >= 4 is 45.9 Å². The third-order valence-electron chi connectivity index (χ3n) is 5.47. The van der Waals surface area contributed by atoms with Gasteiger partial charge in [-0.1, -0.05) is 25.4 Å². The summed E-state index contributed by atoms with van der Waals surface area (Å²) in [7, 11) is 0. The third kappa shape index (κ3) is 4.19. The summed E-state index contributed by atoms with van der Waals surface area (Å²) in [6, 6.07) is 1.18. The van der Waals surface area contributed by atoms with Crippen LogP contribution in [-0.4, -0.2) is 50.8 Å². The van der Waals surface area contributed by atoms with Crippen molar-refractivity contribution in [2.45, 2.75) is 20.0 Å². The van der Waals surface area contributed by atoms with E-state index in [1.54, 1.807) is 0 Å². The number of aliphatic hydroxyl groups is 1. The van der Waals surface area contributed by atoms with Crippen molar-refractivity contribution in [1.29, 1.82) is 0 Å². The van der Waals surface area contributed by atoms with Gasteiger partial charge in [-0.25, -0.2) is 22.9 Å². The topological polar surface area (TPSA) is 125 Å². The number of fused-ring (bicyclic) bond motifs is 1. The van der Waals surface area contributed by atoms with E-state index >= 15 is 0 Å². The van der Waals surface area contributed by atoms with Crippen molar-refractivity contribution in [3.63, 3.8) is 0 Å². The van der Waals surface area contributed by atoms with Crippen LogP contribution in [0.1, 0.15) is 24.2 Å². The van der Waals surface area contributed by atoms with E-state index in [9.17, 15) is 37.8 Å². The minimum Gasteiger partial charge on any atom is -0.477 e. The van der Waals surface area contributed by atoms with Gasteiger partial charge in [0.15, 0.2) is 23.3 Å². The molecule has 0 unspecified atom stereocenters. The van der Waals surface area contributed by atoms with Crippen LogP contribution in [0.4, 0.5) is 24.7 Å². The number of nitrogens with one attached hydrogen (secondary N) is 1. The van der Waals surface area contributed by atoms with Crippen LogP contribution in [0.15, 0.2) is 23.1 Å². The molecule has 3 aromatic rings. The van der Waals surface area contributed by atoms with E-state index in [1.807, 2.05) is 0 Å². The average Bonchev–Trinajstić information content (AvgIpc) is 2.74. The molecule has 0 bridgehead atoms. The number of benzene rings is 1. The number of aromatic nitrogens is 2. The first-order chi connectivity index (χ1) is 16.4. The Morgan fingerprint density at radius 2 is 1.83 bits per heavy atom. The molecule has 0 aliphatic carbocycles. The largest absolute Gasteiger partial charge is 0.477 e. The Labute approximate surface area is 200 Å². The molecule has 1 saturated heterocycles. The van der Waals surface area contributed by atoms with Crippen molar-refractivity contribution in [2.24, 2.45) is 5.92 Å². The van der Waals surface area contributed by atoms with Gasteiger partial charge in [0.1, 0.15) is 11.4 Å². The second-order valence-corrected chi connectivity index (χ2v) is 8.67. The molecule has 184 valence electrons. The van der Waals surface area contributed by atoms with Crippen molar-refractivity contribution in [1.82, 2.24) is 9.55 Å². The lowest BCUT2D eigenvalue weighted by molar-refractivity contribution is -0.118. The van der Waals surface area contributed by atoms with Crippen molar-refractivity contribution in [3.05, 3.63) is 56.6 Å². The Kier molecular flexibility index (Phi) is 6.20. The van der Waals surface area contributed by atoms with Gasteiger partial charge in [0.2, 0.25) is 11.3 Å². The molecule has 1 aliphatic rings. The number of pyridine rings is 2. The molecule has 0 spiro atoms. The molecule has 4 rings (SSSR count). The number of hydrogen-bond donors (Lipinski definition) is 3. The van der Waals surface area contributed by atoms with Crippen LogP contribution in [0.2, 0.25) is 5.02 Å². The number of hydrogen-bond acceptors (Lipinski definition) is 6. The molecule has 9 nitrogen and oxygen atoms in total. The number of carbonyl (C=O) groups excluding carboxylic acids is 1. The molecule has 0 atom stereocenters. The summed E-state index contributed by atoms with van der Waals surface area (Å²) in [6.45, 7) is 3.14. The summed E-state index contributed by atoms with van der Waals surface area (Å²) in [5, 5.41) is 20.4. The van der Waals surface area contributed by atoms with Gasteiger partial charge in [0, 0.05) is 31.3 Å². The predicted octanol–water partition coefficient (Wildman–Crippen LogP) is 2.93. The molecule has 0 saturated carbocycles. The van der Waals surface area contributed by atoms with Crippen LogP contribution in [0.3, 0.4) is 0 Å². The first-order valence-electron chi connectivity index (χ1n) is 10.3. The van der Waals surface area contributed by atoms with Gasteiger partial charge in [0.05, 0.1) is 27.7 Å². The van der Waals surface area contributed by atoms with Crippen LogP contribution >= 0.6 is 11.6 Å². The zero-order chi connectivity index (χ0) is 25.8. The summed E-state index contributed by atoms with van der Waals surface area (Å²) in [5.74, 6) is -7.64. The number of carboxylic acids is 1. The summed E-state index contributed by atoms with van der Waals surface area (Å²) in [4.78, 5) is 41.7. The Morgan fingerprint density at radius 1 is 1.17 bits per heavy atom. The molecule has 13 heteroatoms. The monoisotopic (exact) mass is 510 g/mol. The fourth-order valence-electron chi connectivity index (χ4n) is 3.63. The second-order valence-electron chi connectivity index (χ2n) is 8.29. The van der Waals surface area contributed by atoms with Crippen molar-refractivity contribution in [2.75, 3.05) is 23.3 Å². The highest BCUT2D eigenvalue weighted by molar-refractivity contribution is 6.38. The molecule has 1 amide bonds. The SMILES string of the molecule is CC(C)C(=O)Nc1nc(-n2cc(C(=O)O)c(=O)c3cc(F)c(N4CC(O)C4)c(Cl)c32)c(F)cc1F. The van der Waals surface area contributed by atoms with Gasteiger partial charge >= 0.3 is 5.97 Å². The maximum Gasteiger partial charge on any atom is 0.341 e. The predicted molar refractivity (Wildman–Crippen MR) is 121 cm³/mol. The van der Waals surface area contributed by atoms with Gasteiger partial charge in [-0.05, 0) is 6.07 Å². The van der Waals surface area contributed by atoms with Gasteiger partial charge < -0.3 is 20.4 Å². The number of amides is 1. The number of aliphatic hydroxyl groups excluding tert-OH is 1. The molecule has 1 fully saturated rings. The van der Waals surface area contributed by atoms with Crippen LogP contribution in [0.5, 0.6) is 0 Å². The molecule has 1 aromatic carbocycles. The van der Waals surface area contributed by atoms with Crippen LogP contribution in [-0.2, 0) is 4.79 Å². The van der Waals surface area contributed by atoms with E-state index in [-0.39, 0.29) is 29.3 Å². The number of β-amino-alcohol motifs (C(OH)–C–C–N with tert-alkyl or cyclic N) is 1. The lowest BCUT2D eigenvalue weighted by atomic mass is 10.1. The standard InChI is InChI=1S/C22H18ClF3N4O5/c1-8(2)21(33)28-19-13(25)4-14(26)20(27-19)30-7-11(22(34)35)18(32)10-3-12(24)17(15(23)16(10)30)29-5-9(31)6-29/h3-4,7-9,31H,5-6H2,1-2H3,(H,34,35)(H,27,28,33). The van der Waals surface area contributed by atoms with E-state index in [0.29, 0.717) is 6.07 Å². The molecule has 3 N–H and O–H groups in total. The quantitative estimate of drug-likeness (QED) is 0.482. The second kappa shape index (κ2) is 8.86. The van der Waals surface area contributed by atoms with Crippen LogP contribution in [0.25, 0.3) is 16.7 Å². The van der Waals surface area contributed by atoms with Gasteiger partial charge in [-0.2, -0.15) is 0 Å².